The van der Waals surface area contributed by atoms with Crippen LogP contribution < -0.4 is 15.4 Å². The molecule has 0 spiro atoms. The number of benzene rings is 1. The molecule has 2 rings (SSSR count). The van der Waals surface area contributed by atoms with Crippen LogP contribution >= 0.6 is 0 Å². The topological polar surface area (TPSA) is 63.2 Å². The van der Waals surface area contributed by atoms with Gasteiger partial charge in [-0.25, -0.2) is 4.98 Å². The third-order valence-electron chi connectivity index (χ3n) is 2.90. The van der Waals surface area contributed by atoms with Gasteiger partial charge in [0.05, 0.1) is 12.7 Å². The van der Waals surface area contributed by atoms with Crippen LogP contribution in [0, 0.1) is 0 Å². The largest absolute Gasteiger partial charge is 0.497 e. The number of methoxy groups -OCH3 is 1. The van der Waals surface area contributed by atoms with Gasteiger partial charge in [-0.05, 0) is 29.8 Å². The van der Waals surface area contributed by atoms with Crippen molar-refractivity contribution in [1.82, 2.24) is 10.3 Å². The van der Waals surface area contributed by atoms with Gasteiger partial charge < -0.3 is 15.4 Å². The van der Waals surface area contributed by atoms with E-state index in [-0.39, 0.29) is 5.91 Å². The van der Waals surface area contributed by atoms with Gasteiger partial charge in [0.1, 0.15) is 11.6 Å². The Morgan fingerprint density at radius 3 is 2.65 bits per heavy atom. The summed E-state index contributed by atoms with van der Waals surface area (Å²) in [4.78, 5) is 16.2. The minimum absolute atomic E-state index is 0.154. The number of carbonyl (C=O) groups excluding carboxylic acids is 1. The van der Waals surface area contributed by atoms with E-state index in [9.17, 15) is 4.79 Å². The molecule has 0 aliphatic rings. The molecule has 20 heavy (non-hydrogen) atoms. The summed E-state index contributed by atoms with van der Waals surface area (Å²) in [5.74, 6) is 1.21. The number of nitrogens with one attached hydrogen (secondary N) is 2. The Balaban J connectivity index is 2.01. The third-order valence-corrected chi connectivity index (χ3v) is 2.90. The van der Waals surface area contributed by atoms with Crippen molar-refractivity contribution in [3.63, 3.8) is 0 Å². The molecular weight excluding hydrogens is 254 g/mol. The lowest BCUT2D eigenvalue weighted by atomic mass is 10.2. The average Bonchev–Trinajstić information content (AvgIpc) is 2.53. The molecule has 0 atom stereocenters. The van der Waals surface area contributed by atoms with Crippen molar-refractivity contribution in [3.8, 4) is 5.75 Å². The van der Waals surface area contributed by atoms with Crippen molar-refractivity contribution in [2.75, 3.05) is 19.5 Å². The molecule has 0 saturated carbocycles. The van der Waals surface area contributed by atoms with Crippen LogP contribution in [0.15, 0.2) is 42.6 Å². The normalized spacial score (nSPS) is 9.90. The summed E-state index contributed by atoms with van der Waals surface area (Å²) in [6.07, 6.45) is 1.64. The van der Waals surface area contributed by atoms with Gasteiger partial charge in [-0.1, -0.05) is 12.1 Å². The van der Waals surface area contributed by atoms with E-state index in [0.717, 1.165) is 11.3 Å². The zero-order valence-electron chi connectivity index (χ0n) is 11.5. The summed E-state index contributed by atoms with van der Waals surface area (Å²) < 4.78 is 5.09. The highest BCUT2D eigenvalue weighted by molar-refractivity contribution is 5.98. The van der Waals surface area contributed by atoms with E-state index in [4.69, 9.17) is 4.74 Å². The molecular formula is C15H17N3O2. The average molecular weight is 271 g/mol. The van der Waals surface area contributed by atoms with Crippen LogP contribution in [0.1, 0.15) is 15.9 Å². The number of rotatable bonds is 5. The Morgan fingerprint density at radius 2 is 2.00 bits per heavy atom. The number of anilines is 1. The smallest absolute Gasteiger partial charge is 0.255 e. The number of nitrogens with zero attached hydrogens (tertiary/aromatic N) is 1. The number of carbonyl (C=O) groups is 1. The fourth-order valence-corrected chi connectivity index (χ4v) is 1.81. The maximum Gasteiger partial charge on any atom is 0.255 e. The third kappa shape index (κ3) is 3.26. The van der Waals surface area contributed by atoms with Crippen molar-refractivity contribution < 1.29 is 9.53 Å². The summed E-state index contributed by atoms with van der Waals surface area (Å²) in [6, 6.07) is 11.0. The van der Waals surface area contributed by atoms with E-state index < -0.39 is 0 Å². The van der Waals surface area contributed by atoms with Gasteiger partial charge in [0, 0.05) is 19.8 Å². The SMILES string of the molecule is CNc1ncccc1C(=O)NCc1ccc(OC)cc1. The van der Waals surface area contributed by atoms with Crippen LogP contribution in [0.3, 0.4) is 0 Å². The van der Waals surface area contributed by atoms with Gasteiger partial charge in [-0.2, -0.15) is 0 Å². The molecule has 0 fully saturated rings. The minimum Gasteiger partial charge on any atom is -0.497 e. The lowest BCUT2D eigenvalue weighted by Crippen LogP contribution is -2.24. The van der Waals surface area contributed by atoms with Crippen molar-refractivity contribution >= 4 is 11.7 Å². The lowest BCUT2D eigenvalue weighted by Gasteiger charge is -2.09. The highest BCUT2D eigenvalue weighted by Crippen LogP contribution is 2.12. The van der Waals surface area contributed by atoms with E-state index >= 15 is 0 Å². The second-order valence-electron chi connectivity index (χ2n) is 4.18. The first-order valence-electron chi connectivity index (χ1n) is 6.28. The maximum atomic E-state index is 12.1. The van der Waals surface area contributed by atoms with Gasteiger partial charge in [-0.3, -0.25) is 4.79 Å². The Labute approximate surface area is 118 Å². The lowest BCUT2D eigenvalue weighted by molar-refractivity contribution is 0.0951. The molecule has 5 heteroatoms. The molecule has 0 unspecified atom stereocenters. The highest BCUT2D eigenvalue weighted by atomic mass is 16.5. The van der Waals surface area contributed by atoms with Gasteiger partial charge >= 0.3 is 0 Å². The van der Waals surface area contributed by atoms with E-state index in [1.165, 1.54) is 0 Å². The first kappa shape index (κ1) is 13.9. The molecule has 1 heterocycles. The Bertz CT molecular complexity index is 582. The number of amides is 1. The molecule has 0 bridgehead atoms. The van der Waals surface area contributed by atoms with Crippen molar-refractivity contribution in [1.29, 1.82) is 0 Å². The molecule has 5 nitrogen and oxygen atoms in total. The fraction of sp³-hybridized carbons (Fsp3) is 0.200. The highest BCUT2D eigenvalue weighted by Gasteiger charge is 2.10. The van der Waals surface area contributed by atoms with Crippen LogP contribution in [0.5, 0.6) is 5.75 Å². The Kier molecular flexibility index (Phi) is 4.55. The van der Waals surface area contributed by atoms with E-state index in [2.05, 4.69) is 15.6 Å². The number of hydrogen-bond acceptors (Lipinski definition) is 4. The first-order chi connectivity index (χ1) is 9.74. The maximum absolute atomic E-state index is 12.1. The van der Waals surface area contributed by atoms with E-state index in [0.29, 0.717) is 17.9 Å². The molecule has 0 radical (unpaired) electrons. The second kappa shape index (κ2) is 6.56. The Hall–Kier alpha value is -2.56. The van der Waals surface area contributed by atoms with E-state index in [1.54, 1.807) is 32.5 Å². The van der Waals surface area contributed by atoms with Crippen LogP contribution in [-0.4, -0.2) is 25.0 Å². The standard InChI is InChI=1S/C15H17N3O2/c1-16-14-13(4-3-9-17-14)15(19)18-10-11-5-7-12(20-2)8-6-11/h3-9H,10H2,1-2H3,(H,16,17)(H,18,19). The molecule has 2 aromatic rings. The van der Waals surface area contributed by atoms with Crippen LogP contribution in [-0.2, 0) is 6.54 Å². The molecule has 1 aromatic carbocycles. The number of hydrogen-bond donors (Lipinski definition) is 2. The summed E-state index contributed by atoms with van der Waals surface area (Å²) in [7, 11) is 3.36. The van der Waals surface area contributed by atoms with Crippen molar-refractivity contribution in [3.05, 3.63) is 53.7 Å². The molecule has 0 aliphatic heterocycles. The minimum atomic E-state index is -0.154. The molecule has 104 valence electrons. The molecule has 1 amide bonds. The van der Waals surface area contributed by atoms with Gasteiger partial charge in [-0.15, -0.1) is 0 Å². The zero-order chi connectivity index (χ0) is 14.4. The predicted octanol–water partition coefficient (Wildman–Crippen LogP) is 2.06. The molecule has 2 N–H and O–H groups in total. The van der Waals surface area contributed by atoms with Crippen LogP contribution in [0.4, 0.5) is 5.82 Å². The zero-order valence-corrected chi connectivity index (χ0v) is 11.5. The monoisotopic (exact) mass is 271 g/mol. The first-order valence-corrected chi connectivity index (χ1v) is 6.28. The van der Waals surface area contributed by atoms with Gasteiger partial charge in [0.2, 0.25) is 0 Å². The fourth-order valence-electron chi connectivity index (χ4n) is 1.81. The summed E-state index contributed by atoms with van der Waals surface area (Å²) in [5, 5.41) is 5.77. The molecule has 1 aromatic heterocycles. The quantitative estimate of drug-likeness (QED) is 0.873. The van der Waals surface area contributed by atoms with Crippen LogP contribution in [0.25, 0.3) is 0 Å². The Morgan fingerprint density at radius 1 is 1.25 bits per heavy atom. The van der Waals surface area contributed by atoms with Crippen molar-refractivity contribution in [2.45, 2.75) is 6.54 Å². The molecule has 0 saturated heterocycles. The summed E-state index contributed by atoms with van der Waals surface area (Å²) >= 11 is 0. The molecule has 0 aliphatic carbocycles. The second-order valence-corrected chi connectivity index (χ2v) is 4.18. The number of ether oxygens (including phenoxy) is 1. The number of aromatic nitrogens is 1. The summed E-state index contributed by atoms with van der Waals surface area (Å²) in [6.45, 7) is 0.459. The van der Waals surface area contributed by atoms with Gasteiger partial charge in [0.15, 0.2) is 0 Å². The summed E-state index contributed by atoms with van der Waals surface area (Å²) in [5.41, 5.74) is 1.54. The predicted molar refractivity (Wildman–Crippen MR) is 77.9 cm³/mol. The van der Waals surface area contributed by atoms with E-state index in [1.807, 2.05) is 24.3 Å². The van der Waals surface area contributed by atoms with Crippen LogP contribution in [0.2, 0.25) is 0 Å². The van der Waals surface area contributed by atoms with Gasteiger partial charge in [0.25, 0.3) is 5.91 Å². The number of pyridine rings is 1. The van der Waals surface area contributed by atoms with Crippen molar-refractivity contribution in [2.24, 2.45) is 0 Å².